The molecule has 0 aromatic carbocycles. The molecule has 0 spiro atoms. The second-order valence-electron chi connectivity index (χ2n) is 26.6. The van der Waals surface area contributed by atoms with Gasteiger partial charge < -0.3 is 33.8 Å². The van der Waals surface area contributed by atoms with Crippen LogP contribution in [0.5, 0.6) is 0 Å². The summed E-state index contributed by atoms with van der Waals surface area (Å²) < 4.78 is 68.3. The summed E-state index contributed by atoms with van der Waals surface area (Å²) in [7, 11) is -9.90. The number of aliphatic hydroxyl groups is 1. The maximum atomic E-state index is 13.0. The summed E-state index contributed by atoms with van der Waals surface area (Å²) in [5.41, 5.74) is 0. The van der Waals surface area contributed by atoms with Crippen LogP contribution in [-0.4, -0.2) is 96.7 Å². The molecule has 0 aliphatic rings. The van der Waals surface area contributed by atoms with E-state index in [0.29, 0.717) is 31.6 Å². The highest BCUT2D eigenvalue weighted by Gasteiger charge is 2.30. The quantitative estimate of drug-likeness (QED) is 0.0222. The molecular formula is C71H138O17P2. The highest BCUT2D eigenvalue weighted by molar-refractivity contribution is 7.47. The number of unbranched alkanes of at least 4 members (excludes halogenated alkanes) is 40. The number of hydrogen-bond donors (Lipinski definition) is 3. The fraction of sp³-hybridized carbons (Fsp3) is 0.944. The van der Waals surface area contributed by atoms with E-state index >= 15 is 0 Å². The van der Waals surface area contributed by atoms with Crippen LogP contribution in [0.2, 0.25) is 0 Å². The van der Waals surface area contributed by atoms with E-state index < -0.39 is 97.5 Å². The molecule has 2 unspecified atom stereocenters. The lowest BCUT2D eigenvalue weighted by Crippen LogP contribution is -2.30. The van der Waals surface area contributed by atoms with E-state index in [1.165, 1.54) is 180 Å². The number of rotatable bonds is 70. The summed E-state index contributed by atoms with van der Waals surface area (Å²) in [5.74, 6) is -0.670. The van der Waals surface area contributed by atoms with Crippen LogP contribution in [0.1, 0.15) is 363 Å². The Balaban J connectivity index is 5.23. The smallest absolute Gasteiger partial charge is 0.462 e. The van der Waals surface area contributed by atoms with Gasteiger partial charge in [0.1, 0.15) is 19.3 Å². The van der Waals surface area contributed by atoms with Crippen molar-refractivity contribution in [3.05, 3.63) is 0 Å². The molecule has 0 saturated carbocycles. The molecule has 0 amide bonds. The van der Waals surface area contributed by atoms with E-state index in [9.17, 15) is 43.2 Å². The standard InChI is InChI=1S/C71H138O17P2/c1-7-9-11-13-15-17-19-20-21-22-23-24-25-31-37-43-49-55-70(75)87-66(59-82-69(74)54-48-42-36-30-27-26-28-33-39-45-51-63(3)4)61-85-89(77,78)83-57-65(72)58-84-90(79,80)86-62-67(88-71(76)56-50-44-38-32-34-40-46-52-64(5)6)60-81-68(73)53-47-41-35-29-18-16-14-12-10-8-2/h63-67,72H,7-62H2,1-6H3,(H,77,78)(H,79,80)/t65-,66-,67-/m1/s1. The van der Waals surface area contributed by atoms with Crippen molar-refractivity contribution in [3.8, 4) is 0 Å². The molecule has 5 atom stereocenters. The first-order chi connectivity index (χ1) is 43.4. The minimum atomic E-state index is -4.95. The van der Waals surface area contributed by atoms with Crippen molar-refractivity contribution < 1.29 is 80.2 Å². The van der Waals surface area contributed by atoms with Gasteiger partial charge in [-0.15, -0.1) is 0 Å². The van der Waals surface area contributed by atoms with Gasteiger partial charge in [0.25, 0.3) is 0 Å². The first-order valence-electron chi connectivity index (χ1n) is 37.0. The number of hydrogen-bond acceptors (Lipinski definition) is 15. The van der Waals surface area contributed by atoms with E-state index in [1.54, 1.807) is 0 Å². The highest BCUT2D eigenvalue weighted by Crippen LogP contribution is 2.45. The molecular weight excluding hydrogens is 1190 g/mol. The number of carbonyl (C=O) groups excluding carboxylic acids is 4. The normalized spacial score (nSPS) is 14.1. The third-order valence-corrected chi connectivity index (χ3v) is 18.4. The van der Waals surface area contributed by atoms with Crippen LogP contribution in [0, 0.1) is 11.8 Å². The maximum Gasteiger partial charge on any atom is 0.472 e. The maximum absolute atomic E-state index is 13.0. The molecule has 0 bridgehead atoms. The van der Waals surface area contributed by atoms with Gasteiger partial charge in [-0.2, -0.15) is 0 Å². The van der Waals surface area contributed by atoms with Crippen molar-refractivity contribution in [1.82, 2.24) is 0 Å². The molecule has 0 aliphatic heterocycles. The third kappa shape index (κ3) is 64.8. The van der Waals surface area contributed by atoms with E-state index in [1.807, 2.05) is 0 Å². The van der Waals surface area contributed by atoms with Crippen molar-refractivity contribution in [3.63, 3.8) is 0 Å². The van der Waals surface area contributed by atoms with Gasteiger partial charge in [0.15, 0.2) is 12.2 Å². The van der Waals surface area contributed by atoms with Gasteiger partial charge in [-0.05, 0) is 37.5 Å². The van der Waals surface area contributed by atoms with Gasteiger partial charge in [0, 0.05) is 25.7 Å². The summed E-state index contributed by atoms with van der Waals surface area (Å²) in [6.07, 6.45) is 48.6. The average molecular weight is 1330 g/mol. The number of ether oxygens (including phenoxy) is 4. The van der Waals surface area contributed by atoms with Gasteiger partial charge in [-0.1, -0.05) is 311 Å². The lowest BCUT2D eigenvalue weighted by atomic mass is 10.0. The van der Waals surface area contributed by atoms with Crippen LogP contribution in [0.25, 0.3) is 0 Å². The Morgan fingerprint density at radius 1 is 0.300 bits per heavy atom. The minimum Gasteiger partial charge on any atom is -0.462 e. The van der Waals surface area contributed by atoms with Gasteiger partial charge in [-0.25, -0.2) is 9.13 Å². The van der Waals surface area contributed by atoms with Gasteiger partial charge in [-0.3, -0.25) is 37.3 Å². The van der Waals surface area contributed by atoms with Gasteiger partial charge in [0.05, 0.1) is 26.4 Å². The fourth-order valence-corrected chi connectivity index (χ4v) is 12.3. The Bertz CT molecular complexity index is 1750. The van der Waals surface area contributed by atoms with Crippen molar-refractivity contribution >= 4 is 39.5 Å². The molecule has 0 fully saturated rings. The number of carbonyl (C=O) groups is 4. The van der Waals surface area contributed by atoms with Crippen molar-refractivity contribution in [2.24, 2.45) is 11.8 Å². The summed E-state index contributed by atoms with van der Waals surface area (Å²) >= 11 is 0. The Kier molecular flexibility index (Phi) is 61.8. The fourth-order valence-electron chi connectivity index (χ4n) is 10.8. The first kappa shape index (κ1) is 88.1. The second-order valence-corrected chi connectivity index (χ2v) is 29.5. The zero-order valence-corrected chi connectivity index (χ0v) is 60.2. The zero-order valence-electron chi connectivity index (χ0n) is 58.4. The average Bonchev–Trinajstić information content (AvgIpc) is 3.06. The lowest BCUT2D eigenvalue weighted by Gasteiger charge is -2.21. The van der Waals surface area contributed by atoms with Crippen LogP contribution >= 0.6 is 15.6 Å². The zero-order chi connectivity index (χ0) is 66.5. The van der Waals surface area contributed by atoms with Crippen LogP contribution < -0.4 is 0 Å². The summed E-state index contributed by atoms with van der Waals surface area (Å²) in [6, 6.07) is 0. The first-order valence-corrected chi connectivity index (χ1v) is 40.0. The van der Waals surface area contributed by atoms with Crippen molar-refractivity contribution in [2.45, 2.75) is 381 Å². The monoisotopic (exact) mass is 1320 g/mol. The number of phosphoric ester groups is 2. The largest absolute Gasteiger partial charge is 0.472 e. The minimum absolute atomic E-state index is 0.104. The highest BCUT2D eigenvalue weighted by atomic mass is 31.2. The molecule has 90 heavy (non-hydrogen) atoms. The molecule has 19 heteroatoms. The summed E-state index contributed by atoms with van der Waals surface area (Å²) in [6.45, 7) is 9.48. The summed E-state index contributed by atoms with van der Waals surface area (Å²) in [5, 5.41) is 10.6. The molecule has 0 heterocycles. The molecule has 0 saturated heterocycles. The molecule has 0 aromatic rings. The lowest BCUT2D eigenvalue weighted by molar-refractivity contribution is -0.161. The van der Waals surface area contributed by atoms with Crippen LogP contribution in [0.15, 0.2) is 0 Å². The topological polar surface area (TPSA) is 237 Å². The van der Waals surface area contributed by atoms with Crippen LogP contribution in [-0.2, 0) is 65.4 Å². The van der Waals surface area contributed by atoms with E-state index in [-0.39, 0.29) is 25.7 Å². The van der Waals surface area contributed by atoms with Crippen LogP contribution in [0.4, 0.5) is 0 Å². The molecule has 0 aliphatic carbocycles. The summed E-state index contributed by atoms with van der Waals surface area (Å²) in [4.78, 5) is 72.5. The van der Waals surface area contributed by atoms with Crippen molar-refractivity contribution in [2.75, 3.05) is 39.6 Å². The van der Waals surface area contributed by atoms with Crippen molar-refractivity contribution in [1.29, 1.82) is 0 Å². The molecule has 17 nitrogen and oxygen atoms in total. The van der Waals surface area contributed by atoms with Gasteiger partial charge >= 0.3 is 39.5 Å². The van der Waals surface area contributed by atoms with E-state index in [0.717, 1.165) is 95.8 Å². The third-order valence-electron chi connectivity index (χ3n) is 16.5. The predicted molar refractivity (Wildman–Crippen MR) is 363 cm³/mol. The van der Waals surface area contributed by atoms with E-state index in [4.69, 9.17) is 37.0 Å². The Morgan fingerprint density at radius 2 is 0.511 bits per heavy atom. The molecule has 534 valence electrons. The number of esters is 4. The van der Waals surface area contributed by atoms with E-state index in [2.05, 4.69) is 41.5 Å². The predicted octanol–water partition coefficient (Wildman–Crippen LogP) is 20.4. The molecule has 0 aromatic heterocycles. The SMILES string of the molecule is CCCCCCCCCCCCCCCCCCCC(=O)O[C@H](COC(=O)CCCCCCCCCCCCC(C)C)COP(=O)(O)OC[C@@H](O)COP(=O)(O)OC[C@@H](COC(=O)CCCCCCCCCCCC)OC(=O)CCCCCCCCCC(C)C. The number of phosphoric acid groups is 2. The molecule has 3 N–H and O–H groups in total. The van der Waals surface area contributed by atoms with Crippen LogP contribution in [0.3, 0.4) is 0 Å². The second kappa shape index (κ2) is 63.1. The Morgan fingerprint density at radius 3 is 0.756 bits per heavy atom. The molecule has 0 radical (unpaired) electrons. The van der Waals surface area contributed by atoms with Gasteiger partial charge in [0.2, 0.25) is 0 Å². The molecule has 0 rings (SSSR count). The Labute approximate surface area is 549 Å². The Hall–Kier alpha value is -1.94. The number of aliphatic hydroxyl groups excluding tert-OH is 1.